The van der Waals surface area contributed by atoms with Crippen molar-refractivity contribution in [3.05, 3.63) is 24.3 Å². The number of nitrogens with zero attached hydrogens (tertiary/aromatic N) is 1. The van der Waals surface area contributed by atoms with Crippen molar-refractivity contribution in [3.8, 4) is 22.8 Å². The van der Waals surface area contributed by atoms with Crippen molar-refractivity contribution in [1.82, 2.24) is 10.2 Å². The molecule has 1 aliphatic rings. The van der Waals surface area contributed by atoms with Gasteiger partial charge in [0.05, 0.1) is 26.0 Å². The molecule has 1 aromatic carbocycles. The summed E-state index contributed by atoms with van der Waals surface area (Å²) in [6, 6.07) is 7.57. The molecule has 2 heterocycles. The molecular weight excluding hydrogens is 270 g/mol. The summed E-state index contributed by atoms with van der Waals surface area (Å²) < 4.78 is 16.8. The SMILES string of the molecule is COc1ccc(-c2cc(N)n[nH]2)cc1OC1CCOCC1. The van der Waals surface area contributed by atoms with Crippen molar-refractivity contribution in [2.75, 3.05) is 26.1 Å². The summed E-state index contributed by atoms with van der Waals surface area (Å²) in [7, 11) is 1.64. The highest BCUT2D eigenvalue weighted by Crippen LogP contribution is 2.34. The monoisotopic (exact) mass is 289 g/mol. The Morgan fingerprint density at radius 3 is 2.71 bits per heavy atom. The van der Waals surface area contributed by atoms with E-state index >= 15 is 0 Å². The van der Waals surface area contributed by atoms with Gasteiger partial charge in [0.15, 0.2) is 11.5 Å². The van der Waals surface area contributed by atoms with Crippen LogP contribution in [0.1, 0.15) is 12.8 Å². The molecule has 1 fully saturated rings. The van der Waals surface area contributed by atoms with Crippen LogP contribution in [0.15, 0.2) is 24.3 Å². The Labute approximate surface area is 123 Å². The maximum absolute atomic E-state index is 6.08. The number of anilines is 1. The van der Waals surface area contributed by atoms with Gasteiger partial charge in [0.1, 0.15) is 11.9 Å². The molecule has 6 heteroatoms. The van der Waals surface area contributed by atoms with E-state index in [-0.39, 0.29) is 6.10 Å². The number of hydrogen-bond donors (Lipinski definition) is 2. The molecule has 0 unspecified atom stereocenters. The van der Waals surface area contributed by atoms with E-state index in [1.165, 1.54) is 0 Å². The van der Waals surface area contributed by atoms with E-state index in [0.29, 0.717) is 5.82 Å². The van der Waals surface area contributed by atoms with Crippen LogP contribution < -0.4 is 15.2 Å². The Kier molecular flexibility index (Phi) is 3.96. The van der Waals surface area contributed by atoms with Crippen LogP contribution in [-0.2, 0) is 4.74 Å². The van der Waals surface area contributed by atoms with Crippen LogP contribution in [0.25, 0.3) is 11.3 Å². The fourth-order valence-corrected chi connectivity index (χ4v) is 2.39. The Balaban J connectivity index is 1.86. The molecule has 21 heavy (non-hydrogen) atoms. The van der Waals surface area contributed by atoms with Gasteiger partial charge in [-0.25, -0.2) is 0 Å². The van der Waals surface area contributed by atoms with Gasteiger partial charge in [-0.1, -0.05) is 0 Å². The lowest BCUT2D eigenvalue weighted by molar-refractivity contribution is 0.0246. The highest BCUT2D eigenvalue weighted by atomic mass is 16.5. The fraction of sp³-hybridized carbons (Fsp3) is 0.400. The van der Waals surface area contributed by atoms with Crippen molar-refractivity contribution >= 4 is 5.82 Å². The predicted octanol–water partition coefficient (Wildman–Crippen LogP) is 2.23. The molecule has 3 rings (SSSR count). The number of nitrogens with one attached hydrogen (secondary N) is 1. The van der Waals surface area contributed by atoms with E-state index in [9.17, 15) is 0 Å². The van der Waals surface area contributed by atoms with Crippen LogP contribution in [0.4, 0.5) is 5.82 Å². The first-order valence-electron chi connectivity index (χ1n) is 7.00. The quantitative estimate of drug-likeness (QED) is 0.902. The zero-order valence-electron chi connectivity index (χ0n) is 12.0. The first kappa shape index (κ1) is 13.8. The Morgan fingerprint density at radius 1 is 1.24 bits per heavy atom. The normalized spacial score (nSPS) is 15.9. The third-order valence-corrected chi connectivity index (χ3v) is 3.53. The molecule has 2 aromatic rings. The molecule has 0 atom stereocenters. The third kappa shape index (κ3) is 3.11. The van der Waals surface area contributed by atoms with E-state index in [4.69, 9.17) is 19.9 Å². The summed E-state index contributed by atoms with van der Waals surface area (Å²) in [5, 5.41) is 6.84. The molecule has 1 aromatic heterocycles. The van der Waals surface area contributed by atoms with Gasteiger partial charge in [-0.2, -0.15) is 5.10 Å². The summed E-state index contributed by atoms with van der Waals surface area (Å²) in [4.78, 5) is 0. The maximum atomic E-state index is 6.08. The molecule has 0 aliphatic carbocycles. The second-order valence-corrected chi connectivity index (χ2v) is 5.00. The number of aromatic nitrogens is 2. The minimum atomic E-state index is 0.162. The van der Waals surface area contributed by atoms with E-state index in [1.807, 2.05) is 18.2 Å². The van der Waals surface area contributed by atoms with Crippen LogP contribution >= 0.6 is 0 Å². The van der Waals surface area contributed by atoms with E-state index in [2.05, 4.69) is 10.2 Å². The molecule has 1 aliphatic heterocycles. The van der Waals surface area contributed by atoms with Gasteiger partial charge >= 0.3 is 0 Å². The van der Waals surface area contributed by atoms with Crippen molar-refractivity contribution in [3.63, 3.8) is 0 Å². The van der Waals surface area contributed by atoms with Crippen LogP contribution in [0.2, 0.25) is 0 Å². The summed E-state index contributed by atoms with van der Waals surface area (Å²) in [6.07, 6.45) is 1.95. The number of rotatable bonds is 4. The molecule has 1 saturated heterocycles. The van der Waals surface area contributed by atoms with E-state index in [0.717, 1.165) is 48.8 Å². The lowest BCUT2D eigenvalue weighted by Crippen LogP contribution is -2.26. The van der Waals surface area contributed by atoms with Gasteiger partial charge in [0.2, 0.25) is 0 Å². The number of nitrogens with two attached hydrogens (primary N) is 1. The first-order chi connectivity index (χ1) is 10.3. The first-order valence-corrected chi connectivity index (χ1v) is 7.00. The predicted molar refractivity (Wildman–Crippen MR) is 79.5 cm³/mol. The minimum absolute atomic E-state index is 0.162. The average molecular weight is 289 g/mol. The molecule has 0 radical (unpaired) electrons. The van der Waals surface area contributed by atoms with Crippen molar-refractivity contribution < 1.29 is 14.2 Å². The Bertz CT molecular complexity index is 606. The van der Waals surface area contributed by atoms with Crippen LogP contribution in [0.5, 0.6) is 11.5 Å². The maximum Gasteiger partial charge on any atom is 0.162 e. The van der Waals surface area contributed by atoms with Gasteiger partial charge in [-0.05, 0) is 18.2 Å². The van der Waals surface area contributed by atoms with Gasteiger partial charge in [0, 0.05) is 24.5 Å². The third-order valence-electron chi connectivity index (χ3n) is 3.53. The molecular formula is C15H19N3O3. The second kappa shape index (κ2) is 6.05. The summed E-state index contributed by atoms with van der Waals surface area (Å²) in [6.45, 7) is 1.48. The van der Waals surface area contributed by atoms with Gasteiger partial charge < -0.3 is 19.9 Å². The van der Waals surface area contributed by atoms with Crippen molar-refractivity contribution in [2.45, 2.75) is 18.9 Å². The van der Waals surface area contributed by atoms with Gasteiger partial charge in [-0.3, -0.25) is 5.10 Å². The highest BCUT2D eigenvalue weighted by Gasteiger charge is 2.18. The van der Waals surface area contributed by atoms with Crippen molar-refractivity contribution in [1.29, 1.82) is 0 Å². The molecule has 0 spiro atoms. The Hall–Kier alpha value is -2.21. The number of benzene rings is 1. The number of H-pyrrole nitrogens is 1. The van der Waals surface area contributed by atoms with Gasteiger partial charge in [-0.15, -0.1) is 0 Å². The lowest BCUT2D eigenvalue weighted by Gasteiger charge is -2.24. The number of aromatic amines is 1. The minimum Gasteiger partial charge on any atom is -0.493 e. The van der Waals surface area contributed by atoms with Crippen LogP contribution in [0.3, 0.4) is 0 Å². The zero-order chi connectivity index (χ0) is 14.7. The zero-order valence-corrected chi connectivity index (χ0v) is 12.0. The fourth-order valence-electron chi connectivity index (χ4n) is 2.39. The number of hydrogen-bond acceptors (Lipinski definition) is 5. The topological polar surface area (TPSA) is 82.4 Å². The van der Waals surface area contributed by atoms with Crippen molar-refractivity contribution in [2.24, 2.45) is 0 Å². The molecule has 0 bridgehead atoms. The molecule has 3 N–H and O–H groups in total. The van der Waals surface area contributed by atoms with E-state index in [1.54, 1.807) is 13.2 Å². The second-order valence-electron chi connectivity index (χ2n) is 5.00. The number of nitrogen functional groups attached to an aromatic ring is 1. The smallest absolute Gasteiger partial charge is 0.162 e. The van der Waals surface area contributed by atoms with Crippen LogP contribution in [0, 0.1) is 0 Å². The average Bonchev–Trinajstić information content (AvgIpc) is 2.95. The van der Waals surface area contributed by atoms with Gasteiger partial charge in [0.25, 0.3) is 0 Å². The highest BCUT2D eigenvalue weighted by molar-refractivity contribution is 5.65. The van der Waals surface area contributed by atoms with Crippen LogP contribution in [-0.4, -0.2) is 36.6 Å². The van der Waals surface area contributed by atoms with E-state index < -0.39 is 0 Å². The number of methoxy groups -OCH3 is 1. The summed E-state index contributed by atoms with van der Waals surface area (Å²) in [5.74, 6) is 1.92. The lowest BCUT2D eigenvalue weighted by atomic mass is 10.1. The summed E-state index contributed by atoms with van der Waals surface area (Å²) in [5.41, 5.74) is 7.46. The molecule has 112 valence electrons. The standard InChI is InChI=1S/C15H19N3O3/c1-19-13-3-2-10(12-9-15(16)18-17-12)8-14(13)21-11-4-6-20-7-5-11/h2-3,8-9,11H,4-7H2,1H3,(H3,16,17,18). The molecule has 0 amide bonds. The Morgan fingerprint density at radius 2 is 2.05 bits per heavy atom. The molecule has 0 saturated carbocycles. The largest absolute Gasteiger partial charge is 0.493 e. The molecule has 6 nitrogen and oxygen atoms in total. The summed E-state index contributed by atoms with van der Waals surface area (Å²) >= 11 is 0. The number of ether oxygens (including phenoxy) is 3.